The molecule has 1 aromatic carbocycles. The Morgan fingerprint density at radius 2 is 2.12 bits per heavy atom. The van der Waals surface area contributed by atoms with Crippen LogP contribution in [0.3, 0.4) is 0 Å². The second-order valence-corrected chi connectivity index (χ2v) is 9.24. The maximum atomic E-state index is 13.5. The van der Waals surface area contributed by atoms with Gasteiger partial charge in [-0.25, -0.2) is 18.8 Å². The summed E-state index contributed by atoms with van der Waals surface area (Å²) in [6, 6.07) is 3.98. The molecule has 1 unspecified atom stereocenters. The number of nitrogens with one attached hydrogen (secondary N) is 2. The summed E-state index contributed by atoms with van der Waals surface area (Å²) in [7, 11) is 0. The summed E-state index contributed by atoms with van der Waals surface area (Å²) in [5, 5.41) is 19.5. The van der Waals surface area contributed by atoms with Gasteiger partial charge < -0.3 is 15.0 Å². The number of carbonyl (C=O) groups excluding carboxylic acids is 2. The summed E-state index contributed by atoms with van der Waals surface area (Å²) >= 11 is 3.06. The topological polar surface area (TPSA) is 142 Å². The number of nitrogens with zero attached hydrogens (tertiary/aromatic N) is 4. The third-order valence-electron chi connectivity index (χ3n) is 4.65. The Hall–Kier alpha value is -3.06. The summed E-state index contributed by atoms with van der Waals surface area (Å²) in [5.41, 5.74) is 1.47. The Morgan fingerprint density at radius 1 is 1.36 bits per heavy atom. The molecule has 0 spiro atoms. The molecule has 0 radical (unpaired) electrons. The highest BCUT2D eigenvalue weighted by atomic mass is 79.9. The summed E-state index contributed by atoms with van der Waals surface area (Å²) in [4.78, 5) is 30.9. The summed E-state index contributed by atoms with van der Waals surface area (Å²) in [6.45, 7) is 6.00. The molecule has 3 rings (SSSR count). The molecule has 1 aromatic heterocycles. The van der Waals surface area contributed by atoms with E-state index in [1.807, 2.05) is 5.48 Å². The highest BCUT2D eigenvalue weighted by Gasteiger charge is 2.32. The minimum atomic E-state index is -0.638. The van der Waals surface area contributed by atoms with Gasteiger partial charge >= 0.3 is 6.09 Å². The van der Waals surface area contributed by atoms with Crippen molar-refractivity contribution in [1.82, 2.24) is 20.7 Å². The Kier molecular flexibility index (Phi) is 7.64. The van der Waals surface area contributed by atoms with Gasteiger partial charge in [-0.1, -0.05) is 0 Å². The number of rotatable bonds is 4. The molecule has 33 heavy (non-hydrogen) atoms. The number of likely N-dealkylation sites (tertiary alicyclic amines) is 1. The molecule has 2 amide bonds. The SMILES string of the molecule is CC(C)(C)OC(=O)N1CCCC(C(=O)Nc2nonc2C(=Nc2ccc(F)c(Br)c2)NO)C1. The maximum absolute atomic E-state index is 13.5. The zero-order chi connectivity index (χ0) is 24.2. The molecule has 2 heterocycles. The van der Waals surface area contributed by atoms with Crippen molar-refractivity contribution in [3.63, 3.8) is 0 Å². The third kappa shape index (κ3) is 6.48. The van der Waals surface area contributed by atoms with Gasteiger partial charge in [0.15, 0.2) is 11.5 Å². The number of benzene rings is 1. The van der Waals surface area contributed by atoms with Gasteiger partial charge in [-0.3, -0.25) is 15.5 Å². The van der Waals surface area contributed by atoms with Crippen LogP contribution in [0, 0.1) is 11.7 Å². The molecule has 0 saturated carbocycles. The molecule has 2 aromatic rings. The number of amides is 2. The molecule has 1 aliphatic rings. The van der Waals surface area contributed by atoms with Crippen LogP contribution in [0.2, 0.25) is 0 Å². The summed E-state index contributed by atoms with van der Waals surface area (Å²) < 4.78 is 23.7. The Morgan fingerprint density at radius 3 is 2.79 bits per heavy atom. The molecule has 0 aliphatic carbocycles. The molecule has 0 bridgehead atoms. The van der Waals surface area contributed by atoms with Crippen molar-refractivity contribution in [3.8, 4) is 0 Å². The second kappa shape index (κ2) is 10.3. The molecule has 13 heteroatoms. The van der Waals surface area contributed by atoms with Gasteiger partial charge in [0.25, 0.3) is 0 Å². The third-order valence-corrected chi connectivity index (χ3v) is 5.26. The van der Waals surface area contributed by atoms with Gasteiger partial charge in [0, 0.05) is 13.1 Å². The van der Waals surface area contributed by atoms with E-state index in [-0.39, 0.29) is 28.4 Å². The number of carbonyl (C=O) groups is 2. The van der Waals surface area contributed by atoms with E-state index >= 15 is 0 Å². The fourth-order valence-corrected chi connectivity index (χ4v) is 3.51. The highest BCUT2D eigenvalue weighted by Crippen LogP contribution is 2.24. The molecule has 1 saturated heterocycles. The van der Waals surface area contributed by atoms with E-state index in [4.69, 9.17) is 9.37 Å². The van der Waals surface area contributed by atoms with Gasteiger partial charge in [-0.2, -0.15) is 0 Å². The smallest absolute Gasteiger partial charge is 0.410 e. The quantitative estimate of drug-likeness (QED) is 0.311. The van der Waals surface area contributed by atoms with Crippen LogP contribution in [0.5, 0.6) is 0 Å². The van der Waals surface area contributed by atoms with Crippen molar-refractivity contribution in [2.75, 3.05) is 18.4 Å². The average Bonchev–Trinajstić information content (AvgIpc) is 3.21. The first kappa shape index (κ1) is 24.6. The van der Waals surface area contributed by atoms with E-state index in [1.165, 1.54) is 23.1 Å². The standard InChI is InChI=1S/C20H24BrFN6O5/c1-20(2,3)32-19(30)28-8-4-5-11(10-28)18(29)24-17-15(26-33-27-17)16(25-31)23-12-6-7-14(22)13(21)9-12/h6-7,9,11,31H,4-5,8,10H2,1-3H3,(H,23,25)(H,24,27,29). The number of aromatic nitrogens is 2. The predicted octanol–water partition coefficient (Wildman–Crippen LogP) is 3.61. The molecule has 3 N–H and O–H groups in total. The lowest BCUT2D eigenvalue weighted by Crippen LogP contribution is -2.45. The van der Waals surface area contributed by atoms with Crippen LogP contribution in [0.15, 0.2) is 32.3 Å². The molecule has 1 fully saturated rings. The predicted molar refractivity (Wildman–Crippen MR) is 119 cm³/mol. The van der Waals surface area contributed by atoms with Gasteiger partial charge in [0.05, 0.1) is 16.1 Å². The summed E-state index contributed by atoms with van der Waals surface area (Å²) in [6.07, 6.45) is 0.716. The van der Waals surface area contributed by atoms with Crippen LogP contribution in [-0.4, -0.2) is 56.9 Å². The molecule has 1 atom stereocenters. The van der Waals surface area contributed by atoms with E-state index in [0.717, 1.165) is 0 Å². The number of hydrogen-bond acceptors (Lipinski definition) is 8. The van der Waals surface area contributed by atoms with Gasteiger partial charge in [0.2, 0.25) is 11.7 Å². The van der Waals surface area contributed by atoms with E-state index < -0.39 is 29.3 Å². The Bertz CT molecular complexity index is 1050. The first-order valence-corrected chi connectivity index (χ1v) is 10.9. The monoisotopic (exact) mass is 526 g/mol. The van der Waals surface area contributed by atoms with Crippen LogP contribution in [-0.2, 0) is 9.53 Å². The first-order chi connectivity index (χ1) is 15.6. The minimum absolute atomic E-state index is 0.0638. The van der Waals surface area contributed by atoms with Crippen LogP contribution in [0.1, 0.15) is 39.3 Å². The fourth-order valence-electron chi connectivity index (χ4n) is 3.14. The summed E-state index contributed by atoms with van der Waals surface area (Å²) in [5.74, 6) is -1.63. The molecule has 11 nitrogen and oxygen atoms in total. The lowest BCUT2D eigenvalue weighted by Gasteiger charge is -2.33. The lowest BCUT2D eigenvalue weighted by atomic mass is 9.97. The van der Waals surface area contributed by atoms with Crippen molar-refractivity contribution in [2.24, 2.45) is 10.9 Å². The Balaban J connectivity index is 1.72. The highest BCUT2D eigenvalue weighted by molar-refractivity contribution is 9.10. The lowest BCUT2D eigenvalue weighted by molar-refractivity contribution is -0.121. The van der Waals surface area contributed by atoms with E-state index in [1.54, 1.807) is 20.8 Å². The van der Waals surface area contributed by atoms with Crippen LogP contribution < -0.4 is 10.8 Å². The van der Waals surface area contributed by atoms with Crippen molar-refractivity contribution in [2.45, 2.75) is 39.2 Å². The van der Waals surface area contributed by atoms with E-state index in [0.29, 0.717) is 25.1 Å². The van der Waals surface area contributed by atoms with E-state index in [9.17, 15) is 19.2 Å². The number of ether oxygens (including phenoxy) is 1. The van der Waals surface area contributed by atoms with Crippen molar-refractivity contribution in [1.29, 1.82) is 0 Å². The molecular formula is C20H24BrFN6O5. The molecule has 178 valence electrons. The van der Waals surface area contributed by atoms with Crippen molar-refractivity contribution >= 4 is 45.3 Å². The second-order valence-electron chi connectivity index (χ2n) is 8.39. The average molecular weight is 527 g/mol. The van der Waals surface area contributed by atoms with Gasteiger partial charge in [-0.05, 0) is 78.1 Å². The molecule has 1 aliphatic heterocycles. The zero-order valence-electron chi connectivity index (χ0n) is 18.3. The van der Waals surface area contributed by atoms with Crippen LogP contribution in [0.25, 0.3) is 0 Å². The number of hydrogen-bond donors (Lipinski definition) is 3. The van der Waals surface area contributed by atoms with Gasteiger partial charge in [-0.15, -0.1) is 0 Å². The minimum Gasteiger partial charge on any atom is -0.444 e. The number of hydroxylamine groups is 1. The van der Waals surface area contributed by atoms with E-state index in [2.05, 4.69) is 36.6 Å². The van der Waals surface area contributed by atoms with Crippen molar-refractivity contribution < 1.29 is 28.6 Å². The fraction of sp³-hybridized carbons (Fsp3) is 0.450. The maximum Gasteiger partial charge on any atom is 0.410 e. The zero-order valence-corrected chi connectivity index (χ0v) is 19.8. The van der Waals surface area contributed by atoms with Gasteiger partial charge in [0.1, 0.15) is 11.4 Å². The van der Waals surface area contributed by atoms with Crippen LogP contribution in [0.4, 0.5) is 20.7 Å². The van der Waals surface area contributed by atoms with Crippen LogP contribution >= 0.6 is 15.9 Å². The van der Waals surface area contributed by atoms with Crippen molar-refractivity contribution in [3.05, 3.63) is 34.2 Å². The number of halogens is 2. The Labute approximate surface area is 197 Å². The normalized spacial score (nSPS) is 17.0. The first-order valence-electron chi connectivity index (χ1n) is 10.1. The number of aliphatic imine (C=N–C) groups is 1. The molecular weight excluding hydrogens is 503 g/mol. The number of anilines is 1. The number of amidine groups is 1. The largest absolute Gasteiger partial charge is 0.444 e. The number of piperidine rings is 1.